The van der Waals surface area contributed by atoms with E-state index in [4.69, 9.17) is 9.90 Å². The van der Waals surface area contributed by atoms with E-state index in [9.17, 15) is 13.2 Å². The number of nitrogens with one attached hydrogen (secondary N) is 2. The van der Waals surface area contributed by atoms with Gasteiger partial charge in [0.25, 0.3) is 0 Å². The van der Waals surface area contributed by atoms with Gasteiger partial charge in [0, 0.05) is 11.7 Å². The zero-order valence-electron chi connectivity index (χ0n) is 13.1. The molecule has 0 aromatic heterocycles. The number of alkyl halides is 3. The molecule has 1 aromatic carbocycles. The Balaban J connectivity index is 0.000000322. The fourth-order valence-corrected chi connectivity index (χ4v) is 2.31. The van der Waals surface area contributed by atoms with Gasteiger partial charge in [-0.3, -0.25) is 0 Å². The Morgan fingerprint density at radius 3 is 2.48 bits per heavy atom. The maximum Gasteiger partial charge on any atom is 0.490 e. The molecule has 0 amide bonds. The zero-order valence-corrected chi connectivity index (χ0v) is 13.1. The molecular formula is C16H23F3N2O2. The molecule has 0 saturated carbocycles. The molecule has 1 aliphatic heterocycles. The Labute approximate surface area is 134 Å². The van der Waals surface area contributed by atoms with Crippen LogP contribution in [0.3, 0.4) is 0 Å². The van der Waals surface area contributed by atoms with Crippen molar-refractivity contribution in [2.24, 2.45) is 0 Å². The Hall–Kier alpha value is -1.76. The summed E-state index contributed by atoms with van der Waals surface area (Å²) in [6, 6.07) is 9.51. The number of benzene rings is 1. The summed E-state index contributed by atoms with van der Waals surface area (Å²) >= 11 is 0. The Morgan fingerprint density at radius 1 is 1.35 bits per heavy atom. The zero-order chi connectivity index (χ0) is 17.3. The SMILES string of the molecule is CCCc1cccc(NC2CCNCC2)c1.O=C(O)C(F)(F)F. The van der Waals surface area contributed by atoms with Gasteiger partial charge in [-0.15, -0.1) is 0 Å². The number of carboxylic acid groups (broad SMARTS) is 1. The normalized spacial score (nSPS) is 15.5. The minimum absolute atomic E-state index is 0.651. The molecule has 4 nitrogen and oxygen atoms in total. The van der Waals surface area contributed by atoms with Gasteiger partial charge in [0.1, 0.15) is 0 Å². The number of rotatable bonds is 4. The lowest BCUT2D eigenvalue weighted by molar-refractivity contribution is -0.192. The Morgan fingerprint density at radius 2 is 1.96 bits per heavy atom. The van der Waals surface area contributed by atoms with Crippen LogP contribution in [0.25, 0.3) is 0 Å². The minimum atomic E-state index is -5.08. The molecule has 0 spiro atoms. The summed E-state index contributed by atoms with van der Waals surface area (Å²) in [6.45, 7) is 4.52. The number of aryl methyl sites for hydroxylation is 1. The first kappa shape index (κ1) is 19.3. The molecule has 0 aliphatic carbocycles. The second-order valence-corrected chi connectivity index (χ2v) is 5.42. The molecule has 1 aliphatic rings. The Bertz CT molecular complexity index is 486. The molecular weight excluding hydrogens is 309 g/mol. The third-order valence-electron chi connectivity index (χ3n) is 3.42. The van der Waals surface area contributed by atoms with Gasteiger partial charge in [-0.05, 0) is 50.0 Å². The van der Waals surface area contributed by atoms with Crippen LogP contribution < -0.4 is 10.6 Å². The molecule has 0 atom stereocenters. The highest BCUT2D eigenvalue weighted by Gasteiger charge is 2.38. The van der Waals surface area contributed by atoms with Crippen LogP contribution in [0.1, 0.15) is 31.7 Å². The topological polar surface area (TPSA) is 61.4 Å². The summed E-state index contributed by atoms with van der Waals surface area (Å²) in [4.78, 5) is 8.90. The number of piperidine rings is 1. The van der Waals surface area contributed by atoms with Crippen LogP contribution in [0.4, 0.5) is 18.9 Å². The highest BCUT2D eigenvalue weighted by molar-refractivity contribution is 5.73. The average molecular weight is 332 g/mol. The van der Waals surface area contributed by atoms with E-state index in [0.717, 1.165) is 13.1 Å². The molecule has 2 rings (SSSR count). The number of hydrogen-bond acceptors (Lipinski definition) is 3. The van der Waals surface area contributed by atoms with E-state index in [1.807, 2.05) is 0 Å². The van der Waals surface area contributed by atoms with Crippen LogP contribution in [0.15, 0.2) is 24.3 Å². The predicted molar refractivity (Wildman–Crippen MR) is 83.6 cm³/mol. The highest BCUT2D eigenvalue weighted by atomic mass is 19.4. The smallest absolute Gasteiger partial charge is 0.475 e. The maximum atomic E-state index is 10.6. The lowest BCUT2D eigenvalue weighted by atomic mass is 10.1. The van der Waals surface area contributed by atoms with Crippen molar-refractivity contribution in [2.45, 2.75) is 44.8 Å². The molecule has 1 saturated heterocycles. The quantitative estimate of drug-likeness (QED) is 0.790. The lowest BCUT2D eigenvalue weighted by Crippen LogP contribution is -2.35. The highest BCUT2D eigenvalue weighted by Crippen LogP contribution is 2.16. The van der Waals surface area contributed by atoms with Crippen LogP contribution in [-0.2, 0) is 11.2 Å². The predicted octanol–water partition coefficient (Wildman–Crippen LogP) is 3.44. The van der Waals surface area contributed by atoms with Gasteiger partial charge in [0.05, 0.1) is 0 Å². The molecule has 1 heterocycles. The van der Waals surface area contributed by atoms with E-state index in [1.165, 1.54) is 36.9 Å². The lowest BCUT2D eigenvalue weighted by Gasteiger charge is -2.24. The van der Waals surface area contributed by atoms with Gasteiger partial charge in [0.15, 0.2) is 0 Å². The van der Waals surface area contributed by atoms with Crippen LogP contribution in [0.5, 0.6) is 0 Å². The second kappa shape index (κ2) is 9.39. The van der Waals surface area contributed by atoms with Gasteiger partial charge in [-0.2, -0.15) is 13.2 Å². The van der Waals surface area contributed by atoms with Crippen molar-refractivity contribution in [3.8, 4) is 0 Å². The van der Waals surface area contributed by atoms with Crippen LogP contribution in [-0.4, -0.2) is 36.4 Å². The monoisotopic (exact) mass is 332 g/mol. The summed E-state index contributed by atoms with van der Waals surface area (Å²) in [5.41, 5.74) is 2.74. The third kappa shape index (κ3) is 7.88. The number of anilines is 1. The van der Waals surface area contributed by atoms with Crippen molar-refractivity contribution < 1.29 is 23.1 Å². The van der Waals surface area contributed by atoms with Crippen molar-refractivity contribution >= 4 is 11.7 Å². The van der Waals surface area contributed by atoms with E-state index in [1.54, 1.807) is 0 Å². The van der Waals surface area contributed by atoms with Crippen LogP contribution in [0.2, 0.25) is 0 Å². The van der Waals surface area contributed by atoms with E-state index in [2.05, 4.69) is 41.8 Å². The van der Waals surface area contributed by atoms with Gasteiger partial charge < -0.3 is 15.7 Å². The molecule has 23 heavy (non-hydrogen) atoms. The molecule has 7 heteroatoms. The molecule has 0 unspecified atom stereocenters. The summed E-state index contributed by atoms with van der Waals surface area (Å²) in [7, 11) is 0. The van der Waals surface area contributed by atoms with Gasteiger partial charge in [-0.1, -0.05) is 25.5 Å². The fraction of sp³-hybridized carbons (Fsp3) is 0.562. The van der Waals surface area contributed by atoms with E-state index < -0.39 is 12.1 Å². The molecule has 130 valence electrons. The van der Waals surface area contributed by atoms with Crippen molar-refractivity contribution in [3.63, 3.8) is 0 Å². The summed E-state index contributed by atoms with van der Waals surface area (Å²) in [5, 5.41) is 14.2. The second-order valence-electron chi connectivity index (χ2n) is 5.42. The Kier molecular flexibility index (Phi) is 7.88. The molecule has 0 bridgehead atoms. The largest absolute Gasteiger partial charge is 0.490 e. The summed E-state index contributed by atoms with van der Waals surface area (Å²) in [5.74, 6) is -2.76. The van der Waals surface area contributed by atoms with E-state index in [-0.39, 0.29) is 0 Å². The molecule has 3 N–H and O–H groups in total. The van der Waals surface area contributed by atoms with Crippen LogP contribution >= 0.6 is 0 Å². The average Bonchev–Trinajstić information content (AvgIpc) is 2.49. The van der Waals surface area contributed by atoms with Crippen LogP contribution in [0, 0.1) is 0 Å². The van der Waals surface area contributed by atoms with E-state index in [0.29, 0.717) is 6.04 Å². The first-order valence-electron chi connectivity index (χ1n) is 7.69. The van der Waals surface area contributed by atoms with E-state index >= 15 is 0 Å². The maximum absolute atomic E-state index is 10.6. The van der Waals surface area contributed by atoms with Gasteiger partial charge in [-0.25, -0.2) is 4.79 Å². The molecule has 1 fully saturated rings. The van der Waals surface area contributed by atoms with Gasteiger partial charge >= 0.3 is 12.1 Å². The van der Waals surface area contributed by atoms with Gasteiger partial charge in [0.2, 0.25) is 0 Å². The van der Waals surface area contributed by atoms with Crippen molar-refractivity contribution in [3.05, 3.63) is 29.8 Å². The number of aliphatic carboxylic acids is 1. The molecule has 1 aromatic rings. The summed E-state index contributed by atoms with van der Waals surface area (Å²) in [6.07, 6.45) is -0.214. The standard InChI is InChI=1S/C14H22N2.C2HF3O2/c1-2-4-12-5-3-6-14(11-12)16-13-7-9-15-10-8-13;3-2(4,5)1(6)7/h3,5-6,11,13,15-16H,2,4,7-10H2,1H3;(H,6,7). The van der Waals surface area contributed by atoms with Crippen molar-refractivity contribution in [1.29, 1.82) is 0 Å². The first-order valence-corrected chi connectivity index (χ1v) is 7.69. The number of carboxylic acids is 1. The number of hydrogen-bond donors (Lipinski definition) is 3. The first-order chi connectivity index (χ1) is 10.8. The van der Waals surface area contributed by atoms with Crippen molar-refractivity contribution in [1.82, 2.24) is 5.32 Å². The third-order valence-corrected chi connectivity index (χ3v) is 3.42. The fourth-order valence-electron chi connectivity index (χ4n) is 2.31. The molecule has 0 radical (unpaired) electrons. The van der Waals surface area contributed by atoms with Crippen molar-refractivity contribution in [2.75, 3.05) is 18.4 Å². The minimum Gasteiger partial charge on any atom is -0.475 e. The number of carbonyl (C=O) groups is 1. The summed E-state index contributed by atoms with van der Waals surface area (Å²) < 4.78 is 31.7. The number of halogens is 3.